The van der Waals surface area contributed by atoms with Crippen LogP contribution in [0, 0.1) is 6.92 Å². The number of hydrogen-bond acceptors (Lipinski definition) is 8. The van der Waals surface area contributed by atoms with Gasteiger partial charge in [0.25, 0.3) is 5.56 Å². The molecule has 1 atom stereocenters. The summed E-state index contributed by atoms with van der Waals surface area (Å²) in [5.41, 5.74) is 7.79. The molecule has 3 aromatic heterocycles. The summed E-state index contributed by atoms with van der Waals surface area (Å²) in [6, 6.07) is 5.12. The molecule has 5 rings (SSSR count). The minimum atomic E-state index is -0.309. The minimum Gasteiger partial charge on any atom is -0.444 e. The summed E-state index contributed by atoms with van der Waals surface area (Å²) in [4.78, 5) is 31.1. The summed E-state index contributed by atoms with van der Waals surface area (Å²) >= 11 is 6.35. The lowest BCUT2D eigenvalue weighted by atomic mass is 10.1. The molecule has 4 aromatic rings. The van der Waals surface area contributed by atoms with Gasteiger partial charge in [0.05, 0.1) is 27.7 Å². The molecule has 0 amide bonds. The van der Waals surface area contributed by atoms with E-state index in [1.54, 1.807) is 29.0 Å². The number of halogens is 1. The Morgan fingerprint density at radius 3 is 2.81 bits per heavy atom. The fourth-order valence-corrected chi connectivity index (χ4v) is 4.10. The molecule has 3 heterocycles. The van der Waals surface area contributed by atoms with Gasteiger partial charge < -0.3 is 15.5 Å². The largest absolute Gasteiger partial charge is 0.444 e. The molecule has 1 aliphatic rings. The average Bonchev–Trinajstić information content (AvgIpc) is 3.51. The zero-order valence-corrected chi connectivity index (χ0v) is 18.4. The van der Waals surface area contributed by atoms with Crippen molar-refractivity contribution in [2.24, 2.45) is 0 Å². The number of anilines is 2. The molecule has 9 nitrogen and oxygen atoms in total. The number of nitrogens with zero attached hydrogens (tertiary/aromatic N) is 5. The van der Waals surface area contributed by atoms with Crippen molar-refractivity contribution in [3.63, 3.8) is 0 Å². The molecule has 0 saturated heterocycles. The van der Waals surface area contributed by atoms with Crippen molar-refractivity contribution >= 4 is 34.1 Å². The van der Waals surface area contributed by atoms with Crippen LogP contribution < -0.4 is 16.6 Å². The molecule has 0 spiro atoms. The van der Waals surface area contributed by atoms with E-state index in [1.165, 1.54) is 6.33 Å². The molecule has 0 radical (unpaired) electrons. The second-order valence-electron chi connectivity index (χ2n) is 7.89. The molecule has 1 saturated carbocycles. The Morgan fingerprint density at radius 2 is 2.12 bits per heavy atom. The topological polar surface area (TPSA) is 125 Å². The number of oxazole rings is 1. The SMILES string of the molecule is CC[C@H](Nc1ncnc(N)c1-c1nc(C)co1)c1nc2cccc(Cl)c2c(=O)n1C1CC1. The number of nitrogens with one attached hydrogen (secondary N) is 1. The zero-order valence-electron chi connectivity index (χ0n) is 17.7. The van der Waals surface area contributed by atoms with Crippen LogP contribution in [0.15, 0.2) is 40.0 Å². The van der Waals surface area contributed by atoms with Crippen LogP contribution in [0.3, 0.4) is 0 Å². The Kier molecular flexibility index (Phi) is 5.05. The molecule has 1 aromatic carbocycles. The van der Waals surface area contributed by atoms with E-state index in [2.05, 4.69) is 20.3 Å². The molecule has 1 fully saturated rings. The second kappa shape index (κ2) is 7.90. The lowest BCUT2D eigenvalue weighted by Crippen LogP contribution is -2.29. The molecule has 164 valence electrons. The number of fused-ring (bicyclic) bond motifs is 1. The summed E-state index contributed by atoms with van der Waals surface area (Å²) in [6.45, 7) is 3.84. The number of aryl methyl sites for hydroxylation is 1. The van der Waals surface area contributed by atoms with Crippen molar-refractivity contribution in [1.29, 1.82) is 0 Å². The number of rotatable bonds is 6. The van der Waals surface area contributed by atoms with Gasteiger partial charge >= 0.3 is 0 Å². The highest BCUT2D eigenvalue weighted by atomic mass is 35.5. The smallest absolute Gasteiger partial charge is 0.263 e. The third-order valence-electron chi connectivity index (χ3n) is 5.56. The van der Waals surface area contributed by atoms with Gasteiger partial charge in [-0.2, -0.15) is 0 Å². The summed E-state index contributed by atoms with van der Waals surface area (Å²) in [5.74, 6) is 1.68. The van der Waals surface area contributed by atoms with E-state index in [1.807, 2.05) is 13.8 Å². The molecule has 32 heavy (non-hydrogen) atoms. The first kappa shape index (κ1) is 20.4. The van der Waals surface area contributed by atoms with Gasteiger partial charge in [0.2, 0.25) is 5.89 Å². The molecule has 1 aliphatic carbocycles. The van der Waals surface area contributed by atoms with Crippen molar-refractivity contribution in [3.8, 4) is 11.5 Å². The third-order valence-corrected chi connectivity index (χ3v) is 5.87. The van der Waals surface area contributed by atoms with Gasteiger partial charge in [0.15, 0.2) is 0 Å². The molecule has 0 unspecified atom stereocenters. The van der Waals surface area contributed by atoms with Crippen molar-refractivity contribution in [2.45, 2.75) is 45.2 Å². The normalized spacial score (nSPS) is 14.6. The van der Waals surface area contributed by atoms with E-state index in [-0.39, 0.29) is 23.5 Å². The van der Waals surface area contributed by atoms with Crippen molar-refractivity contribution < 1.29 is 4.42 Å². The molecular weight excluding hydrogens is 430 g/mol. The Morgan fingerprint density at radius 1 is 1.31 bits per heavy atom. The highest BCUT2D eigenvalue weighted by Crippen LogP contribution is 2.38. The number of nitrogen functional groups attached to an aromatic ring is 1. The predicted octanol–water partition coefficient (Wildman–Crippen LogP) is 4.28. The quantitative estimate of drug-likeness (QED) is 0.445. The van der Waals surface area contributed by atoms with Gasteiger partial charge in [-0.15, -0.1) is 0 Å². The van der Waals surface area contributed by atoms with Crippen molar-refractivity contribution in [1.82, 2.24) is 24.5 Å². The number of aromatic nitrogens is 5. The van der Waals surface area contributed by atoms with E-state index in [0.717, 1.165) is 18.5 Å². The summed E-state index contributed by atoms with van der Waals surface area (Å²) in [6.07, 6.45) is 5.44. The predicted molar refractivity (Wildman–Crippen MR) is 123 cm³/mol. The first-order valence-corrected chi connectivity index (χ1v) is 10.9. The summed E-state index contributed by atoms with van der Waals surface area (Å²) in [5, 5.41) is 4.26. The van der Waals surface area contributed by atoms with E-state index in [9.17, 15) is 4.79 Å². The van der Waals surface area contributed by atoms with Gasteiger partial charge in [-0.25, -0.2) is 19.9 Å². The van der Waals surface area contributed by atoms with Crippen molar-refractivity contribution in [3.05, 3.63) is 57.7 Å². The zero-order chi connectivity index (χ0) is 22.4. The van der Waals surface area contributed by atoms with E-state index < -0.39 is 0 Å². The first-order valence-electron chi connectivity index (χ1n) is 10.5. The van der Waals surface area contributed by atoms with Crippen LogP contribution in [0.4, 0.5) is 11.6 Å². The molecule has 3 N–H and O–H groups in total. The Bertz CT molecular complexity index is 1380. The third kappa shape index (κ3) is 3.48. The Balaban J connectivity index is 1.64. The van der Waals surface area contributed by atoms with E-state index in [4.69, 9.17) is 26.7 Å². The maximum Gasteiger partial charge on any atom is 0.263 e. The molecule has 0 aliphatic heterocycles. The van der Waals surface area contributed by atoms with Crippen LogP contribution in [-0.4, -0.2) is 24.5 Å². The van der Waals surface area contributed by atoms with Gasteiger partial charge in [-0.1, -0.05) is 24.6 Å². The van der Waals surface area contributed by atoms with Gasteiger partial charge in [-0.3, -0.25) is 9.36 Å². The number of nitrogens with two attached hydrogens (primary N) is 1. The lowest BCUT2D eigenvalue weighted by molar-refractivity contribution is 0.570. The van der Waals surface area contributed by atoms with Gasteiger partial charge in [0.1, 0.15) is 35.6 Å². The second-order valence-corrected chi connectivity index (χ2v) is 8.30. The molecule has 0 bridgehead atoms. The van der Waals surface area contributed by atoms with Crippen LogP contribution in [0.1, 0.15) is 49.8 Å². The fraction of sp³-hybridized carbons (Fsp3) is 0.318. The summed E-state index contributed by atoms with van der Waals surface area (Å²) < 4.78 is 7.33. The highest BCUT2D eigenvalue weighted by molar-refractivity contribution is 6.35. The lowest BCUT2D eigenvalue weighted by Gasteiger charge is -2.23. The van der Waals surface area contributed by atoms with Gasteiger partial charge in [-0.05, 0) is 38.3 Å². The van der Waals surface area contributed by atoms with E-state index in [0.29, 0.717) is 45.4 Å². The number of benzene rings is 1. The van der Waals surface area contributed by atoms with Crippen molar-refractivity contribution in [2.75, 3.05) is 11.1 Å². The fourth-order valence-electron chi connectivity index (χ4n) is 3.85. The van der Waals surface area contributed by atoms with Gasteiger partial charge in [0, 0.05) is 6.04 Å². The maximum absolute atomic E-state index is 13.4. The number of hydrogen-bond donors (Lipinski definition) is 2. The summed E-state index contributed by atoms with van der Waals surface area (Å²) in [7, 11) is 0. The Labute approximate surface area is 188 Å². The average molecular weight is 452 g/mol. The standard InChI is InChI=1S/C22H22ClN7O2/c1-3-14(28-19-17(18(24)25-10-26-19)21-27-11(2)9-32-21)20-29-15-6-4-5-13(23)16(15)22(31)30(20)12-7-8-12/h4-6,9-10,12,14H,3,7-8H2,1-2H3,(H3,24,25,26,28)/t14-/m0/s1. The highest BCUT2D eigenvalue weighted by Gasteiger charge is 2.32. The first-order chi connectivity index (χ1) is 15.5. The minimum absolute atomic E-state index is 0.117. The maximum atomic E-state index is 13.4. The Hall–Kier alpha value is -3.46. The van der Waals surface area contributed by atoms with Crippen LogP contribution >= 0.6 is 11.6 Å². The monoisotopic (exact) mass is 451 g/mol. The molecule has 10 heteroatoms. The van der Waals surface area contributed by atoms with E-state index >= 15 is 0 Å². The van der Waals surface area contributed by atoms with Crippen LogP contribution in [0.25, 0.3) is 22.4 Å². The van der Waals surface area contributed by atoms with Crippen LogP contribution in [0.5, 0.6) is 0 Å². The van der Waals surface area contributed by atoms with Crippen LogP contribution in [0.2, 0.25) is 5.02 Å². The van der Waals surface area contributed by atoms with Crippen LogP contribution in [-0.2, 0) is 0 Å². The molecular formula is C22H22ClN7O2.